The fourth-order valence-electron chi connectivity index (χ4n) is 2.17. The first-order chi connectivity index (χ1) is 8.72. The molecule has 1 aromatic carbocycles. The molecule has 0 atom stereocenters. The molecule has 3 rings (SSSR count). The summed E-state index contributed by atoms with van der Waals surface area (Å²) in [6, 6.07) is 9.33. The molecule has 1 aliphatic carbocycles. The summed E-state index contributed by atoms with van der Waals surface area (Å²) in [5.41, 5.74) is 3.38. The Bertz CT molecular complexity index is 576. The third-order valence-electron chi connectivity index (χ3n) is 3.43. The van der Waals surface area contributed by atoms with E-state index in [9.17, 15) is 0 Å². The van der Waals surface area contributed by atoms with Crippen LogP contribution >= 0.6 is 11.6 Å². The highest BCUT2D eigenvalue weighted by Gasteiger charge is 2.19. The van der Waals surface area contributed by atoms with Gasteiger partial charge >= 0.3 is 0 Å². The number of nitrogens with one attached hydrogen (secondary N) is 1. The van der Waals surface area contributed by atoms with Crippen molar-refractivity contribution in [1.82, 2.24) is 10.3 Å². The van der Waals surface area contributed by atoms with Gasteiger partial charge in [0.25, 0.3) is 0 Å². The normalized spacial score (nSPS) is 15.2. The van der Waals surface area contributed by atoms with Crippen molar-refractivity contribution in [2.75, 3.05) is 6.54 Å². The molecule has 94 valence electrons. The first kappa shape index (κ1) is 11.9. The van der Waals surface area contributed by atoms with Crippen LogP contribution in [0.2, 0.25) is 5.15 Å². The molecule has 2 aromatic rings. The average Bonchev–Trinajstić information content (AvgIpc) is 3.15. The zero-order valence-electron chi connectivity index (χ0n) is 10.5. The number of rotatable bonds is 4. The maximum absolute atomic E-state index is 6.03. The predicted octanol–water partition coefficient (Wildman–Crippen LogP) is 3.49. The van der Waals surface area contributed by atoms with E-state index in [1.165, 1.54) is 23.8 Å². The minimum atomic E-state index is 0.602. The van der Waals surface area contributed by atoms with E-state index in [2.05, 4.69) is 34.6 Å². The molecule has 1 aromatic heterocycles. The summed E-state index contributed by atoms with van der Waals surface area (Å²) in [5.74, 6) is 0. The first-order valence-corrected chi connectivity index (χ1v) is 6.89. The number of pyridine rings is 1. The maximum Gasteiger partial charge on any atom is 0.132 e. The van der Waals surface area contributed by atoms with E-state index in [1.54, 1.807) is 0 Å². The third kappa shape index (κ3) is 2.65. The van der Waals surface area contributed by atoms with Gasteiger partial charge in [0, 0.05) is 11.4 Å². The molecule has 0 unspecified atom stereocenters. The third-order valence-corrected chi connectivity index (χ3v) is 3.81. The number of fused-ring (bicyclic) bond motifs is 1. The number of nitrogens with zero attached hydrogens (tertiary/aromatic N) is 1. The molecule has 18 heavy (non-hydrogen) atoms. The fraction of sp³-hybridized carbons (Fsp3) is 0.400. The van der Waals surface area contributed by atoms with Crippen molar-refractivity contribution in [3.8, 4) is 0 Å². The van der Waals surface area contributed by atoms with E-state index in [-0.39, 0.29) is 0 Å². The number of aryl methyl sites for hydroxylation is 1. The molecule has 1 heterocycles. The van der Waals surface area contributed by atoms with Crippen LogP contribution in [0.15, 0.2) is 24.3 Å². The van der Waals surface area contributed by atoms with Crippen molar-refractivity contribution < 1.29 is 0 Å². The highest BCUT2D eigenvalue weighted by molar-refractivity contribution is 6.30. The Hall–Kier alpha value is -1.12. The molecule has 0 spiro atoms. The maximum atomic E-state index is 6.03. The van der Waals surface area contributed by atoms with Crippen molar-refractivity contribution in [3.63, 3.8) is 0 Å². The van der Waals surface area contributed by atoms with Crippen molar-refractivity contribution in [2.24, 2.45) is 0 Å². The van der Waals surface area contributed by atoms with Gasteiger partial charge in [-0.1, -0.05) is 17.7 Å². The molecule has 2 nitrogen and oxygen atoms in total. The molecule has 0 aliphatic heterocycles. The van der Waals surface area contributed by atoms with Crippen molar-refractivity contribution in [1.29, 1.82) is 0 Å². The zero-order chi connectivity index (χ0) is 12.5. The molecule has 0 radical (unpaired) electrons. The minimum Gasteiger partial charge on any atom is -0.314 e. The van der Waals surface area contributed by atoms with E-state index in [0.717, 1.165) is 30.1 Å². The lowest BCUT2D eigenvalue weighted by Gasteiger charge is -2.06. The largest absolute Gasteiger partial charge is 0.314 e. The summed E-state index contributed by atoms with van der Waals surface area (Å²) in [4.78, 5) is 4.38. The van der Waals surface area contributed by atoms with Gasteiger partial charge < -0.3 is 5.32 Å². The molecule has 1 aliphatic rings. The van der Waals surface area contributed by atoms with E-state index < -0.39 is 0 Å². The van der Waals surface area contributed by atoms with Gasteiger partial charge in [0.2, 0.25) is 0 Å². The van der Waals surface area contributed by atoms with Crippen LogP contribution < -0.4 is 5.32 Å². The second-order valence-corrected chi connectivity index (χ2v) is 5.46. The molecule has 0 amide bonds. The molecule has 0 saturated heterocycles. The standard InChI is InChI=1S/C15H17ClN2/c1-10-8-12-9-11(6-7-17-13-3-4-13)2-5-14(12)18-15(10)16/h2,5,8-9,13,17H,3-4,6-7H2,1H3. The fourth-order valence-corrected chi connectivity index (χ4v) is 2.32. The van der Waals surface area contributed by atoms with Gasteiger partial charge in [0.05, 0.1) is 5.52 Å². The van der Waals surface area contributed by atoms with E-state index in [1.807, 2.05) is 6.92 Å². The number of hydrogen-bond donors (Lipinski definition) is 1. The Kier molecular flexibility index (Phi) is 3.23. The lowest BCUT2D eigenvalue weighted by molar-refractivity contribution is 0.682. The summed E-state index contributed by atoms with van der Waals surface area (Å²) in [7, 11) is 0. The SMILES string of the molecule is Cc1cc2cc(CCNC3CC3)ccc2nc1Cl. The van der Waals surface area contributed by atoms with Crippen LogP contribution in [-0.4, -0.2) is 17.6 Å². The number of hydrogen-bond acceptors (Lipinski definition) is 2. The topological polar surface area (TPSA) is 24.9 Å². The summed E-state index contributed by atoms with van der Waals surface area (Å²) in [5, 5.41) is 5.32. The number of halogens is 1. The molecular formula is C15H17ClN2. The Morgan fingerprint density at radius 1 is 1.33 bits per heavy atom. The molecule has 1 saturated carbocycles. The molecule has 3 heteroatoms. The predicted molar refractivity (Wildman–Crippen MR) is 76.2 cm³/mol. The van der Waals surface area contributed by atoms with Gasteiger partial charge in [-0.3, -0.25) is 0 Å². The second kappa shape index (κ2) is 4.87. The van der Waals surface area contributed by atoms with Crippen molar-refractivity contribution >= 4 is 22.5 Å². The number of aromatic nitrogens is 1. The molecule has 1 N–H and O–H groups in total. The van der Waals surface area contributed by atoms with Gasteiger partial charge in [-0.2, -0.15) is 0 Å². The summed E-state index contributed by atoms with van der Waals surface area (Å²) in [6.07, 6.45) is 3.77. The van der Waals surface area contributed by atoms with E-state index in [0.29, 0.717) is 5.15 Å². The summed E-state index contributed by atoms with van der Waals surface area (Å²) in [6.45, 7) is 3.06. The highest BCUT2D eigenvalue weighted by Crippen LogP contribution is 2.21. The number of benzene rings is 1. The first-order valence-electron chi connectivity index (χ1n) is 6.51. The molecule has 0 bridgehead atoms. The lowest BCUT2D eigenvalue weighted by Crippen LogP contribution is -2.19. The van der Waals surface area contributed by atoms with Gasteiger partial charge in [-0.15, -0.1) is 0 Å². The van der Waals surface area contributed by atoms with Gasteiger partial charge in [-0.25, -0.2) is 4.98 Å². The van der Waals surface area contributed by atoms with Crippen LogP contribution in [0.5, 0.6) is 0 Å². The lowest BCUT2D eigenvalue weighted by atomic mass is 10.1. The highest BCUT2D eigenvalue weighted by atomic mass is 35.5. The quantitative estimate of drug-likeness (QED) is 0.852. The second-order valence-electron chi connectivity index (χ2n) is 5.10. The van der Waals surface area contributed by atoms with Gasteiger partial charge in [0.15, 0.2) is 0 Å². The average molecular weight is 261 g/mol. The minimum absolute atomic E-state index is 0.602. The van der Waals surface area contributed by atoms with Crippen LogP contribution in [-0.2, 0) is 6.42 Å². The summed E-state index contributed by atoms with van der Waals surface area (Å²) < 4.78 is 0. The Labute approximate surface area is 112 Å². The smallest absolute Gasteiger partial charge is 0.132 e. The zero-order valence-corrected chi connectivity index (χ0v) is 11.3. The van der Waals surface area contributed by atoms with Crippen molar-refractivity contribution in [3.05, 3.63) is 40.5 Å². The van der Waals surface area contributed by atoms with E-state index in [4.69, 9.17) is 11.6 Å². The van der Waals surface area contributed by atoms with Gasteiger partial charge in [-0.05, 0) is 62.1 Å². The van der Waals surface area contributed by atoms with Crippen molar-refractivity contribution in [2.45, 2.75) is 32.2 Å². The van der Waals surface area contributed by atoms with Crippen LogP contribution in [0.1, 0.15) is 24.0 Å². The summed E-state index contributed by atoms with van der Waals surface area (Å²) >= 11 is 6.03. The van der Waals surface area contributed by atoms with Crippen LogP contribution in [0, 0.1) is 6.92 Å². The molecule has 1 fully saturated rings. The Morgan fingerprint density at radius 3 is 2.94 bits per heavy atom. The Balaban J connectivity index is 1.78. The van der Waals surface area contributed by atoms with Crippen LogP contribution in [0.25, 0.3) is 10.9 Å². The van der Waals surface area contributed by atoms with Crippen LogP contribution in [0.3, 0.4) is 0 Å². The van der Waals surface area contributed by atoms with Crippen LogP contribution in [0.4, 0.5) is 0 Å². The monoisotopic (exact) mass is 260 g/mol. The Morgan fingerprint density at radius 2 is 2.17 bits per heavy atom. The van der Waals surface area contributed by atoms with Gasteiger partial charge in [0.1, 0.15) is 5.15 Å². The molecular weight excluding hydrogens is 244 g/mol. The van der Waals surface area contributed by atoms with E-state index >= 15 is 0 Å².